The highest BCUT2D eigenvalue weighted by molar-refractivity contribution is 5.95. The summed E-state index contributed by atoms with van der Waals surface area (Å²) >= 11 is 0. The second-order valence-electron chi connectivity index (χ2n) is 9.01. The van der Waals surface area contributed by atoms with Crippen molar-refractivity contribution < 1.29 is 27.8 Å². The van der Waals surface area contributed by atoms with Crippen LogP contribution in [0.5, 0.6) is 17.2 Å². The number of ether oxygens (including phenoxy) is 2. The molecular weight excluding hydrogens is 455 g/mol. The van der Waals surface area contributed by atoms with Gasteiger partial charge >= 0.3 is 0 Å². The lowest BCUT2D eigenvalue weighted by Crippen LogP contribution is -2.49. The highest BCUT2D eigenvalue weighted by Crippen LogP contribution is 2.48. The number of nitrogens with zero attached hydrogens (tertiary/aromatic N) is 1. The van der Waals surface area contributed by atoms with E-state index in [1.54, 1.807) is 25.1 Å². The molecule has 0 aliphatic carbocycles. The number of phenolic OH excluding ortho intramolecular Hbond substituents is 1. The highest BCUT2D eigenvalue weighted by atomic mass is 19.1. The van der Waals surface area contributed by atoms with Crippen LogP contribution in [0.3, 0.4) is 0 Å². The molecule has 1 unspecified atom stereocenters. The van der Waals surface area contributed by atoms with Gasteiger partial charge in [-0.25, -0.2) is 8.78 Å². The average Bonchev–Trinajstić information content (AvgIpc) is 2.84. The third-order valence-corrected chi connectivity index (χ3v) is 6.63. The molecule has 0 spiro atoms. The number of phenols is 1. The van der Waals surface area contributed by atoms with E-state index in [1.165, 1.54) is 18.2 Å². The standard InChI is InChI=1S/C28H26F3NO3/c1-17-25(19-2-6-21(30)7-3-19)28(35-24-11-10-23(33)27(31)26(17)24)20-4-8-22(9-5-20)34-13-12-32-15-18(14-29)16-32/h2-11,18,28,33H,12-16H2,1H3. The molecule has 2 aliphatic rings. The third-order valence-electron chi connectivity index (χ3n) is 6.63. The number of likely N-dealkylation sites (tertiary alicyclic amines) is 1. The predicted octanol–water partition coefficient (Wildman–Crippen LogP) is 6.01. The largest absolute Gasteiger partial charge is 0.505 e. The van der Waals surface area contributed by atoms with E-state index in [2.05, 4.69) is 4.90 Å². The normalized spacial score (nSPS) is 18.1. The van der Waals surface area contributed by atoms with Gasteiger partial charge in [-0.2, -0.15) is 0 Å². The molecule has 182 valence electrons. The molecular formula is C28H26F3NO3. The Kier molecular flexibility index (Phi) is 6.43. The second kappa shape index (κ2) is 9.66. The zero-order valence-corrected chi connectivity index (χ0v) is 19.3. The van der Waals surface area contributed by atoms with Gasteiger partial charge < -0.3 is 14.6 Å². The Balaban J connectivity index is 1.40. The van der Waals surface area contributed by atoms with Gasteiger partial charge in [0.15, 0.2) is 11.6 Å². The first-order valence-corrected chi connectivity index (χ1v) is 11.6. The van der Waals surface area contributed by atoms with Crippen molar-refractivity contribution in [3.05, 3.63) is 89.0 Å². The molecule has 1 atom stereocenters. The van der Waals surface area contributed by atoms with E-state index >= 15 is 0 Å². The zero-order valence-electron chi connectivity index (χ0n) is 19.3. The molecule has 5 rings (SSSR count). The molecule has 0 bridgehead atoms. The van der Waals surface area contributed by atoms with Crippen LogP contribution in [-0.4, -0.2) is 42.9 Å². The van der Waals surface area contributed by atoms with Crippen LogP contribution in [0.4, 0.5) is 13.2 Å². The molecule has 2 aliphatic heterocycles. The van der Waals surface area contributed by atoms with Crippen molar-refractivity contribution in [3.8, 4) is 17.2 Å². The number of benzene rings is 3. The van der Waals surface area contributed by atoms with Crippen LogP contribution in [0.25, 0.3) is 11.1 Å². The minimum atomic E-state index is -0.748. The minimum Gasteiger partial charge on any atom is -0.505 e. The summed E-state index contributed by atoms with van der Waals surface area (Å²) in [4.78, 5) is 2.16. The molecule has 4 nitrogen and oxygen atoms in total. The van der Waals surface area contributed by atoms with Gasteiger partial charge in [0.2, 0.25) is 0 Å². The van der Waals surface area contributed by atoms with Gasteiger partial charge in [0, 0.05) is 31.1 Å². The van der Waals surface area contributed by atoms with E-state index in [0.29, 0.717) is 34.8 Å². The number of rotatable bonds is 7. The zero-order chi connectivity index (χ0) is 24.5. The fourth-order valence-electron chi connectivity index (χ4n) is 4.73. The first-order chi connectivity index (χ1) is 16.9. The molecule has 7 heteroatoms. The summed E-state index contributed by atoms with van der Waals surface area (Å²) in [7, 11) is 0. The van der Waals surface area contributed by atoms with E-state index in [9.17, 15) is 18.3 Å². The van der Waals surface area contributed by atoms with Crippen LogP contribution in [-0.2, 0) is 0 Å². The van der Waals surface area contributed by atoms with Crippen molar-refractivity contribution in [3.63, 3.8) is 0 Å². The topological polar surface area (TPSA) is 41.9 Å². The van der Waals surface area contributed by atoms with Gasteiger partial charge in [-0.3, -0.25) is 9.29 Å². The number of fused-ring (bicyclic) bond motifs is 1. The van der Waals surface area contributed by atoms with Crippen LogP contribution < -0.4 is 9.47 Å². The van der Waals surface area contributed by atoms with Crippen LogP contribution >= 0.6 is 0 Å². The average molecular weight is 482 g/mol. The van der Waals surface area contributed by atoms with Gasteiger partial charge in [-0.15, -0.1) is 0 Å². The molecule has 2 heterocycles. The van der Waals surface area contributed by atoms with Gasteiger partial charge in [0.05, 0.1) is 12.2 Å². The van der Waals surface area contributed by atoms with Crippen molar-refractivity contribution in [1.82, 2.24) is 4.90 Å². The number of aromatic hydroxyl groups is 1. The Morgan fingerprint density at radius 2 is 1.71 bits per heavy atom. The van der Waals surface area contributed by atoms with E-state index in [-0.39, 0.29) is 24.0 Å². The lowest BCUT2D eigenvalue weighted by molar-refractivity contribution is 0.0668. The second-order valence-corrected chi connectivity index (χ2v) is 9.01. The fourth-order valence-corrected chi connectivity index (χ4v) is 4.73. The summed E-state index contributed by atoms with van der Waals surface area (Å²) in [6, 6.07) is 16.3. The van der Waals surface area contributed by atoms with Crippen molar-refractivity contribution in [2.45, 2.75) is 13.0 Å². The maximum absolute atomic E-state index is 14.9. The van der Waals surface area contributed by atoms with E-state index < -0.39 is 17.7 Å². The Morgan fingerprint density at radius 1 is 1.00 bits per heavy atom. The Morgan fingerprint density at radius 3 is 2.40 bits per heavy atom. The molecule has 3 aromatic rings. The van der Waals surface area contributed by atoms with Gasteiger partial charge in [0.1, 0.15) is 30.0 Å². The third kappa shape index (κ3) is 4.60. The summed E-state index contributed by atoms with van der Waals surface area (Å²) in [6.45, 7) is 4.31. The summed E-state index contributed by atoms with van der Waals surface area (Å²) < 4.78 is 53.1. The van der Waals surface area contributed by atoms with Gasteiger partial charge in [-0.05, 0) is 60.0 Å². The van der Waals surface area contributed by atoms with E-state index in [0.717, 1.165) is 25.2 Å². The minimum absolute atomic E-state index is 0.152. The Labute approximate surface area is 202 Å². The quantitative estimate of drug-likeness (QED) is 0.449. The summed E-state index contributed by atoms with van der Waals surface area (Å²) in [5, 5.41) is 9.91. The SMILES string of the molecule is CC1=C(c2ccc(F)cc2)C(c2ccc(OCCN3CC(CF)C3)cc2)Oc2ccc(O)c(F)c21. The van der Waals surface area contributed by atoms with Gasteiger partial charge in [0.25, 0.3) is 0 Å². The number of allylic oxidation sites excluding steroid dienone is 1. The highest BCUT2D eigenvalue weighted by Gasteiger charge is 2.32. The number of halogens is 3. The molecule has 0 radical (unpaired) electrons. The molecule has 0 saturated carbocycles. The molecule has 3 aromatic carbocycles. The molecule has 0 aromatic heterocycles. The maximum Gasteiger partial charge on any atom is 0.176 e. The molecule has 1 N–H and O–H groups in total. The fraction of sp³-hybridized carbons (Fsp3) is 0.286. The van der Waals surface area contributed by atoms with Crippen molar-refractivity contribution in [1.29, 1.82) is 0 Å². The molecule has 1 fully saturated rings. The first kappa shape index (κ1) is 23.3. The molecule has 0 amide bonds. The lowest BCUT2D eigenvalue weighted by atomic mass is 9.86. The summed E-state index contributed by atoms with van der Waals surface area (Å²) in [5.74, 6) is -0.392. The lowest BCUT2D eigenvalue weighted by Gasteiger charge is -2.37. The van der Waals surface area contributed by atoms with Crippen molar-refractivity contribution >= 4 is 11.1 Å². The monoisotopic (exact) mass is 481 g/mol. The van der Waals surface area contributed by atoms with Gasteiger partial charge in [-0.1, -0.05) is 24.3 Å². The Hall–Kier alpha value is -3.45. The first-order valence-electron chi connectivity index (χ1n) is 11.6. The van der Waals surface area contributed by atoms with Crippen molar-refractivity contribution in [2.24, 2.45) is 5.92 Å². The van der Waals surface area contributed by atoms with E-state index in [1.807, 2.05) is 24.3 Å². The van der Waals surface area contributed by atoms with Crippen LogP contribution in [0.2, 0.25) is 0 Å². The van der Waals surface area contributed by atoms with Crippen molar-refractivity contribution in [2.75, 3.05) is 32.9 Å². The number of hydrogen-bond acceptors (Lipinski definition) is 4. The number of alkyl halides is 1. The van der Waals surface area contributed by atoms with Crippen LogP contribution in [0, 0.1) is 17.6 Å². The maximum atomic E-state index is 14.9. The van der Waals surface area contributed by atoms with E-state index in [4.69, 9.17) is 9.47 Å². The molecule has 35 heavy (non-hydrogen) atoms. The Bertz CT molecular complexity index is 1240. The smallest absolute Gasteiger partial charge is 0.176 e. The van der Waals surface area contributed by atoms with Crippen LogP contribution in [0.1, 0.15) is 29.7 Å². The summed E-state index contributed by atoms with van der Waals surface area (Å²) in [6.07, 6.45) is -0.565. The predicted molar refractivity (Wildman–Crippen MR) is 128 cm³/mol. The van der Waals surface area contributed by atoms with Crippen LogP contribution in [0.15, 0.2) is 60.7 Å². The summed E-state index contributed by atoms with van der Waals surface area (Å²) in [5.41, 5.74) is 3.02. The number of hydrogen-bond donors (Lipinski definition) is 1. The molecule has 1 saturated heterocycles.